The molecule has 0 amide bonds. The lowest BCUT2D eigenvalue weighted by molar-refractivity contribution is 0.338. The summed E-state index contributed by atoms with van der Waals surface area (Å²) in [5.74, 6) is 0.780. The van der Waals surface area contributed by atoms with Crippen molar-refractivity contribution in [3.8, 4) is 11.1 Å². The third-order valence-electron chi connectivity index (χ3n) is 4.73. The van der Waals surface area contributed by atoms with E-state index in [9.17, 15) is 0 Å². The van der Waals surface area contributed by atoms with Crippen molar-refractivity contribution >= 4 is 29.1 Å². The van der Waals surface area contributed by atoms with Crippen LogP contribution < -0.4 is 5.32 Å². The molecule has 6 heteroatoms. The molecule has 2 unspecified atom stereocenters. The molecule has 0 saturated heterocycles. The molecule has 1 N–H and O–H groups in total. The summed E-state index contributed by atoms with van der Waals surface area (Å²) >= 11 is 6.19. The molecule has 2 atom stereocenters. The lowest BCUT2D eigenvalue weighted by Gasteiger charge is -2.29. The van der Waals surface area contributed by atoms with Gasteiger partial charge in [0.1, 0.15) is 11.9 Å². The van der Waals surface area contributed by atoms with Crippen molar-refractivity contribution in [2.24, 2.45) is 15.0 Å². The van der Waals surface area contributed by atoms with Crippen molar-refractivity contribution < 1.29 is 0 Å². The molecule has 138 valence electrons. The van der Waals surface area contributed by atoms with E-state index < -0.39 is 0 Å². The van der Waals surface area contributed by atoms with Crippen molar-refractivity contribution in [3.63, 3.8) is 0 Å². The highest BCUT2D eigenvalue weighted by atomic mass is 35.5. The molecule has 2 aromatic carbocycles. The molecular weight excluding hydrogens is 358 g/mol. The second kappa shape index (κ2) is 7.92. The van der Waals surface area contributed by atoms with Gasteiger partial charge in [-0.3, -0.25) is 9.98 Å². The summed E-state index contributed by atoms with van der Waals surface area (Å²) in [5.41, 5.74) is 3.56. The van der Waals surface area contributed by atoms with Crippen LogP contribution in [0.1, 0.15) is 18.9 Å². The van der Waals surface area contributed by atoms with Gasteiger partial charge in [0.2, 0.25) is 0 Å². The molecule has 2 aliphatic rings. The first-order valence-electron chi connectivity index (χ1n) is 9.22. The van der Waals surface area contributed by atoms with Crippen LogP contribution in [0.3, 0.4) is 0 Å². The molecule has 0 spiro atoms. The maximum atomic E-state index is 6.19. The summed E-state index contributed by atoms with van der Waals surface area (Å²) in [4.78, 5) is 15.9. The smallest absolute Gasteiger partial charge is 0.198 e. The minimum absolute atomic E-state index is 0.0853. The number of nitrogens with zero attached hydrogens (tertiary/aromatic N) is 4. The molecule has 2 heterocycles. The first-order valence-corrected chi connectivity index (χ1v) is 9.60. The first kappa shape index (κ1) is 17.7. The van der Waals surface area contributed by atoms with E-state index in [1.54, 1.807) is 0 Å². The third kappa shape index (κ3) is 3.88. The van der Waals surface area contributed by atoms with Crippen LogP contribution in [0.15, 0.2) is 69.6 Å². The van der Waals surface area contributed by atoms with Gasteiger partial charge in [-0.05, 0) is 34.7 Å². The van der Waals surface area contributed by atoms with Crippen LogP contribution in [-0.2, 0) is 6.54 Å². The van der Waals surface area contributed by atoms with Gasteiger partial charge in [0.25, 0.3) is 0 Å². The zero-order valence-corrected chi connectivity index (χ0v) is 16.0. The highest BCUT2D eigenvalue weighted by Crippen LogP contribution is 2.22. The molecule has 0 aromatic heterocycles. The topological polar surface area (TPSA) is 52.4 Å². The molecule has 27 heavy (non-hydrogen) atoms. The Morgan fingerprint density at radius 2 is 1.81 bits per heavy atom. The van der Waals surface area contributed by atoms with E-state index >= 15 is 0 Å². The summed E-state index contributed by atoms with van der Waals surface area (Å²) in [6.07, 6.45) is 2.82. The highest BCUT2D eigenvalue weighted by molar-refractivity contribution is 6.66. The van der Waals surface area contributed by atoms with Gasteiger partial charge in [-0.25, -0.2) is 4.99 Å². The van der Waals surface area contributed by atoms with Crippen molar-refractivity contribution in [2.75, 3.05) is 6.54 Å². The van der Waals surface area contributed by atoms with Crippen molar-refractivity contribution in [2.45, 2.75) is 32.1 Å². The molecule has 0 aliphatic carbocycles. The summed E-state index contributed by atoms with van der Waals surface area (Å²) in [6, 6.07) is 18.7. The molecule has 5 nitrogen and oxygen atoms in total. The number of nitrogens with one attached hydrogen (secondary N) is 1. The van der Waals surface area contributed by atoms with E-state index in [1.165, 1.54) is 11.1 Å². The molecular formula is C21H22ClN5. The van der Waals surface area contributed by atoms with Gasteiger partial charge >= 0.3 is 0 Å². The SMILES string of the molecule is CCCN1C=NC2C(=NCc3ccc(-c4ccccc4)cc3)NC(Cl)=NC21. The Bertz CT molecular complexity index is 873. The summed E-state index contributed by atoms with van der Waals surface area (Å²) in [6.45, 7) is 3.63. The molecule has 2 aliphatic heterocycles. The van der Waals surface area contributed by atoms with Gasteiger partial charge in [0, 0.05) is 6.54 Å². The number of amidine groups is 2. The Balaban J connectivity index is 1.48. The normalized spacial score (nSPS) is 22.5. The van der Waals surface area contributed by atoms with Crippen LogP contribution in [0.25, 0.3) is 11.1 Å². The summed E-state index contributed by atoms with van der Waals surface area (Å²) in [7, 11) is 0. The Kier molecular flexibility index (Phi) is 5.21. The number of hydrogen-bond acceptors (Lipinski definition) is 4. The van der Waals surface area contributed by atoms with Crippen LogP contribution in [-0.4, -0.2) is 41.1 Å². The van der Waals surface area contributed by atoms with Crippen molar-refractivity contribution in [3.05, 3.63) is 60.2 Å². The average Bonchev–Trinajstić information content (AvgIpc) is 3.10. The quantitative estimate of drug-likeness (QED) is 0.801. The van der Waals surface area contributed by atoms with Crippen LogP contribution in [0.5, 0.6) is 0 Å². The predicted molar refractivity (Wildman–Crippen MR) is 113 cm³/mol. The molecule has 0 bridgehead atoms. The summed E-state index contributed by atoms with van der Waals surface area (Å²) < 4.78 is 0. The van der Waals surface area contributed by atoms with Crippen LogP contribution in [0.2, 0.25) is 0 Å². The zero-order valence-electron chi connectivity index (χ0n) is 15.2. The maximum absolute atomic E-state index is 6.19. The van der Waals surface area contributed by atoms with E-state index in [1.807, 2.05) is 12.4 Å². The van der Waals surface area contributed by atoms with E-state index in [4.69, 9.17) is 16.6 Å². The monoisotopic (exact) mass is 379 g/mol. The second-order valence-corrected chi connectivity index (χ2v) is 7.03. The number of halogens is 1. The lowest BCUT2D eigenvalue weighted by atomic mass is 10.0. The fourth-order valence-corrected chi connectivity index (χ4v) is 3.56. The molecule has 2 aromatic rings. The summed E-state index contributed by atoms with van der Waals surface area (Å²) in [5, 5.41) is 3.46. The Labute approximate surface area is 164 Å². The second-order valence-electron chi connectivity index (χ2n) is 6.67. The highest BCUT2D eigenvalue weighted by Gasteiger charge is 2.37. The number of hydrogen-bond donors (Lipinski definition) is 1. The standard InChI is InChI=1S/C21H22ClN5/c1-2-12-27-14-24-18-19(25-21(22)26-20(18)27)23-13-15-8-10-17(11-9-15)16-6-4-3-5-7-16/h3-11,14,18,20H,2,12-13H2,1H3,(H,23,25,26). The lowest BCUT2D eigenvalue weighted by Crippen LogP contribution is -2.50. The van der Waals surface area contributed by atoms with E-state index in [0.29, 0.717) is 11.8 Å². The van der Waals surface area contributed by atoms with Crippen LogP contribution in [0, 0.1) is 0 Å². The number of fused-ring (bicyclic) bond motifs is 1. The van der Waals surface area contributed by atoms with Gasteiger partial charge in [-0.15, -0.1) is 0 Å². The fraction of sp³-hybridized carbons (Fsp3) is 0.286. The zero-order chi connectivity index (χ0) is 18.6. The third-order valence-corrected chi connectivity index (χ3v) is 4.92. The maximum Gasteiger partial charge on any atom is 0.198 e. The van der Waals surface area contributed by atoms with Gasteiger partial charge in [-0.1, -0.05) is 61.5 Å². The Morgan fingerprint density at radius 1 is 1.07 bits per heavy atom. The van der Waals surface area contributed by atoms with Gasteiger partial charge in [0.15, 0.2) is 11.5 Å². The van der Waals surface area contributed by atoms with Gasteiger partial charge < -0.3 is 10.2 Å². The molecule has 0 fully saturated rings. The first-order chi connectivity index (χ1) is 13.2. The fourth-order valence-electron chi connectivity index (χ4n) is 3.36. The van der Waals surface area contributed by atoms with Crippen LogP contribution >= 0.6 is 11.6 Å². The predicted octanol–water partition coefficient (Wildman–Crippen LogP) is 3.90. The van der Waals surface area contributed by atoms with E-state index in [0.717, 1.165) is 24.4 Å². The number of benzene rings is 2. The van der Waals surface area contributed by atoms with Crippen LogP contribution in [0.4, 0.5) is 0 Å². The number of aliphatic imine (C=N–C) groups is 3. The molecule has 0 saturated carbocycles. The minimum Gasteiger partial charge on any atom is -0.339 e. The Hall–Kier alpha value is -2.66. The minimum atomic E-state index is -0.109. The average molecular weight is 380 g/mol. The van der Waals surface area contributed by atoms with Crippen molar-refractivity contribution in [1.82, 2.24) is 10.2 Å². The molecule has 0 radical (unpaired) electrons. The van der Waals surface area contributed by atoms with Gasteiger partial charge in [0.05, 0.1) is 12.9 Å². The van der Waals surface area contributed by atoms with Gasteiger partial charge in [-0.2, -0.15) is 0 Å². The largest absolute Gasteiger partial charge is 0.339 e. The van der Waals surface area contributed by atoms with E-state index in [-0.39, 0.29) is 12.2 Å². The molecule has 4 rings (SSSR count). The van der Waals surface area contributed by atoms with Crippen molar-refractivity contribution in [1.29, 1.82) is 0 Å². The number of rotatable bonds is 5. The van der Waals surface area contributed by atoms with E-state index in [2.05, 4.69) is 75.7 Å². The Morgan fingerprint density at radius 3 is 2.56 bits per heavy atom.